The van der Waals surface area contributed by atoms with E-state index in [1.54, 1.807) is 7.11 Å². The van der Waals surface area contributed by atoms with Crippen molar-refractivity contribution < 1.29 is 9.84 Å². The molecule has 7 heteroatoms. The van der Waals surface area contributed by atoms with Crippen molar-refractivity contribution in [3.63, 3.8) is 0 Å². The lowest BCUT2D eigenvalue weighted by Gasteiger charge is -2.54. The zero-order chi connectivity index (χ0) is 28.3. The lowest BCUT2D eigenvalue weighted by atomic mass is 9.81. The summed E-state index contributed by atoms with van der Waals surface area (Å²) >= 11 is 0. The summed E-state index contributed by atoms with van der Waals surface area (Å²) in [6, 6.07) is 29.4. The van der Waals surface area contributed by atoms with Crippen molar-refractivity contribution in [2.75, 3.05) is 26.7 Å². The predicted octanol–water partition coefficient (Wildman–Crippen LogP) is 5.66. The van der Waals surface area contributed by atoms with Crippen LogP contribution in [0.3, 0.4) is 0 Å². The third-order valence-corrected chi connectivity index (χ3v) is 8.54. The number of fused-ring (bicyclic) bond motifs is 1. The molecule has 4 aromatic rings. The van der Waals surface area contributed by atoms with Gasteiger partial charge in [-0.1, -0.05) is 61.5 Å². The number of para-hydroxylation sites is 3. The molecule has 1 saturated heterocycles. The van der Waals surface area contributed by atoms with Crippen molar-refractivity contribution in [2.24, 2.45) is 0 Å². The Morgan fingerprint density at radius 3 is 2.45 bits per heavy atom. The molecule has 1 fully saturated rings. The lowest BCUT2D eigenvalue weighted by Crippen LogP contribution is -2.73. The maximum atomic E-state index is 11.7. The molecule has 5 rings (SSSR count). The van der Waals surface area contributed by atoms with Crippen molar-refractivity contribution >= 4 is 17.0 Å². The number of aromatic nitrogens is 2. The number of quaternary nitrogens is 1. The average molecular weight is 539 g/mol. The second-order valence-electron chi connectivity index (χ2n) is 11.1. The minimum absolute atomic E-state index is 0.175. The maximum Gasteiger partial charge on any atom is 0.312 e. The van der Waals surface area contributed by atoms with Gasteiger partial charge in [-0.05, 0) is 50.1 Å². The maximum absolute atomic E-state index is 11.7. The highest BCUT2D eigenvalue weighted by molar-refractivity contribution is 5.79. The van der Waals surface area contributed by atoms with Gasteiger partial charge in [-0.2, -0.15) is 10.2 Å². The summed E-state index contributed by atoms with van der Waals surface area (Å²) in [5.74, 6) is 1.48. The normalized spacial score (nSPS) is 21.3. The van der Waals surface area contributed by atoms with Gasteiger partial charge in [0.05, 0.1) is 36.8 Å². The number of aliphatic hydroxyl groups excluding tert-OH is 1. The molecule has 1 aliphatic rings. The molecule has 7 nitrogen and oxygen atoms in total. The van der Waals surface area contributed by atoms with Crippen LogP contribution < -0.4 is 9.22 Å². The topological polar surface area (TPSA) is 74.3 Å². The Morgan fingerprint density at radius 1 is 1.07 bits per heavy atom. The van der Waals surface area contributed by atoms with E-state index in [1.165, 1.54) is 0 Å². The van der Waals surface area contributed by atoms with E-state index in [1.807, 2.05) is 48.5 Å². The number of nitriles is 1. The third-order valence-electron chi connectivity index (χ3n) is 8.54. The smallest absolute Gasteiger partial charge is 0.312 e. The van der Waals surface area contributed by atoms with Crippen LogP contribution in [0.1, 0.15) is 44.7 Å². The Hall–Kier alpha value is -3.70. The zero-order valence-corrected chi connectivity index (χ0v) is 24.0. The van der Waals surface area contributed by atoms with Crippen LogP contribution in [0, 0.1) is 11.3 Å². The number of benzene rings is 3. The van der Waals surface area contributed by atoms with Gasteiger partial charge in [0.1, 0.15) is 24.9 Å². The molecule has 0 spiro atoms. The number of piperazine rings is 1. The monoisotopic (exact) mass is 538 g/mol. The van der Waals surface area contributed by atoms with Crippen molar-refractivity contribution in [3.05, 3.63) is 90.0 Å². The first-order chi connectivity index (χ1) is 19.4. The first-order valence-electron chi connectivity index (χ1n) is 14.3. The van der Waals surface area contributed by atoms with Crippen LogP contribution in [-0.4, -0.2) is 58.6 Å². The van der Waals surface area contributed by atoms with Crippen LogP contribution in [0.5, 0.6) is 5.75 Å². The molecule has 1 aliphatic heterocycles. The molecule has 1 N–H and O–H groups in total. The summed E-state index contributed by atoms with van der Waals surface area (Å²) in [5.41, 5.74) is 2.85. The van der Waals surface area contributed by atoms with Crippen LogP contribution in [0.2, 0.25) is 0 Å². The van der Waals surface area contributed by atoms with Crippen LogP contribution in [0.25, 0.3) is 11.0 Å². The zero-order valence-electron chi connectivity index (χ0n) is 24.0. The molecule has 3 unspecified atom stereocenters. The fraction of sp³-hybridized carbons (Fsp3) is 0.394. The highest BCUT2D eigenvalue weighted by atomic mass is 16.5. The fourth-order valence-electron chi connectivity index (χ4n) is 6.66. The third kappa shape index (κ3) is 4.56. The Kier molecular flexibility index (Phi) is 7.95. The number of aliphatic hydroxyl groups is 1. The molecule has 3 atom stereocenters. The second-order valence-corrected chi connectivity index (χ2v) is 11.1. The number of hydrogen-bond donors (Lipinski definition) is 1. The summed E-state index contributed by atoms with van der Waals surface area (Å²) in [4.78, 5) is 7.42. The number of ether oxygens (including phenoxy) is 1. The molecular formula is C33H40N5O2+. The van der Waals surface area contributed by atoms with E-state index in [0.29, 0.717) is 38.3 Å². The molecule has 3 aromatic carbocycles. The molecule has 208 valence electrons. The molecule has 40 heavy (non-hydrogen) atoms. The molecular weight excluding hydrogens is 498 g/mol. The van der Waals surface area contributed by atoms with E-state index in [0.717, 1.165) is 34.5 Å². The van der Waals surface area contributed by atoms with Gasteiger partial charge in [0.2, 0.25) is 5.54 Å². The summed E-state index contributed by atoms with van der Waals surface area (Å²) < 4.78 is 8.36. The van der Waals surface area contributed by atoms with E-state index in [4.69, 9.17) is 9.72 Å². The molecule has 0 saturated carbocycles. The number of imidazole rings is 1. The summed E-state index contributed by atoms with van der Waals surface area (Å²) in [6.45, 7) is 8.54. The predicted molar refractivity (Wildman–Crippen MR) is 160 cm³/mol. The summed E-state index contributed by atoms with van der Waals surface area (Å²) in [6.07, 6.45) is 0.638. The average Bonchev–Trinajstić information content (AvgIpc) is 3.34. The van der Waals surface area contributed by atoms with E-state index in [9.17, 15) is 10.4 Å². The van der Waals surface area contributed by atoms with Gasteiger partial charge in [0.25, 0.3) is 0 Å². The van der Waals surface area contributed by atoms with E-state index in [2.05, 4.69) is 66.6 Å². The molecule has 0 amide bonds. The van der Waals surface area contributed by atoms with E-state index < -0.39 is 11.8 Å². The Labute approximate surface area is 237 Å². The Morgan fingerprint density at radius 2 is 1.77 bits per heavy atom. The highest BCUT2D eigenvalue weighted by Crippen LogP contribution is 2.48. The molecule has 1 aromatic heterocycles. The van der Waals surface area contributed by atoms with E-state index in [-0.39, 0.29) is 10.5 Å². The number of rotatable bonds is 9. The minimum Gasteiger partial charge on any atom is -0.496 e. The van der Waals surface area contributed by atoms with Gasteiger partial charge in [-0.25, -0.2) is 4.48 Å². The lowest BCUT2D eigenvalue weighted by molar-refractivity contribution is -0.0925. The van der Waals surface area contributed by atoms with Crippen molar-refractivity contribution in [1.29, 1.82) is 5.26 Å². The Balaban J connectivity index is 1.84. The van der Waals surface area contributed by atoms with Gasteiger partial charge in [0, 0.05) is 12.5 Å². The molecule has 0 aliphatic carbocycles. The van der Waals surface area contributed by atoms with Gasteiger partial charge in [-0.15, -0.1) is 0 Å². The van der Waals surface area contributed by atoms with Crippen LogP contribution >= 0.6 is 0 Å². The molecule has 0 radical (unpaired) electrons. The Bertz CT molecular complexity index is 1490. The van der Waals surface area contributed by atoms with Gasteiger partial charge in [-0.3, -0.25) is 9.47 Å². The second kappa shape index (κ2) is 11.4. The van der Waals surface area contributed by atoms with Crippen LogP contribution in [0.4, 0.5) is 5.95 Å². The van der Waals surface area contributed by atoms with E-state index >= 15 is 0 Å². The summed E-state index contributed by atoms with van der Waals surface area (Å²) in [7, 11) is 1.66. The standard InChI is InChI=1S/C33H40N5O2/c1-5-19-33(24-34,27-15-9-12-18-30(27)40-4)38(21-20-36(25(2)3)31(39)23-38)32-35-28-16-10-11-17-29(28)37(32)22-26-13-7-6-8-14-26/h6-18,25,31,39H,5,19-23H2,1-4H3/q+1. The SMILES string of the molecule is CCCC(C#N)(c1ccccc1OC)[N+]1(c2nc3ccccc3n2Cc2ccccc2)CCN(C(C)C)C(O)C1. The van der Waals surface area contributed by atoms with Gasteiger partial charge >= 0.3 is 5.95 Å². The fourth-order valence-corrected chi connectivity index (χ4v) is 6.66. The largest absolute Gasteiger partial charge is 0.496 e. The van der Waals surface area contributed by atoms with Crippen LogP contribution in [-0.2, 0) is 12.1 Å². The van der Waals surface area contributed by atoms with Gasteiger partial charge < -0.3 is 9.84 Å². The first-order valence-corrected chi connectivity index (χ1v) is 14.3. The first kappa shape index (κ1) is 27.9. The minimum atomic E-state index is -1.04. The molecule has 0 bridgehead atoms. The van der Waals surface area contributed by atoms with Crippen molar-refractivity contribution in [2.45, 2.75) is 58.0 Å². The van der Waals surface area contributed by atoms with Gasteiger partial charge in [0.15, 0.2) is 6.23 Å². The van der Waals surface area contributed by atoms with Crippen LogP contribution in [0.15, 0.2) is 78.9 Å². The van der Waals surface area contributed by atoms with Crippen molar-refractivity contribution in [1.82, 2.24) is 18.9 Å². The summed E-state index contributed by atoms with van der Waals surface area (Å²) in [5, 5.41) is 23.0. The number of nitrogens with zero attached hydrogens (tertiary/aromatic N) is 5. The number of methoxy groups -OCH3 is 1. The van der Waals surface area contributed by atoms with Crippen molar-refractivity contribution in [3.8, 4) is 11.8 Å². The molecule has 2 heterocycles. The highest BCUT2D eigenvalue weighted by Gasteiger charge is 2.60. The number of hydrogen-bond acceptors (Lipinski definition) is 5. The quantitative estimate of drug-likeness (QED) is 0.278.